The number of hydrogen-bond donors (Lipinski definition) is 1. The maximum absolute atomic E-state index is 6.45. The van der Waals surface area contributed by atoms with E-state index in [0.29, 0.717) is 21.9 Å². The molecule has 0 bridgehead atoms. The van der Waals surface area contributed by atoms with Gasteiger partial charge in [-0.1, -0.05) is 35.5 Å². The van der Waals surface area contributed by atoms with Crippen molar-refractivity contribution in [3.8, 4) is 17.1 Å². The number of thioether (sulfide) groups is 1. The summed E-state index contributed by atoms with van der Waals surface area (Å²) in [5.74, 6) is 8.18. The first kappa shape index (κ1) is 19.5. The number of fused-ring (bicyclic) bond motifs is 1. The summed E-state index contributed by atoms with van der Waals surface area (Å²) in [6.07, 6.45) is 0. The summed E-state index contributed by atoms with van der Waals surface area (Å²) >= 11 is 7.92. The Balaban J connectivity index is 1.57. The van der Waals surface area contributed by atoms with Crippen LogP contribution >= 0.6 is 23.4 Å². The summed E-state index contributed by atoms with van der Waals surface area (Å²) in [6, 6.07) is 13.8. The van der Waals surface area contributed by atoms with Crippen LogP contribution in [0.25, 0.3) is 22.3 Å². The number of nitrogens with two attached hydrogens (primary N) is 1. The molecule has 2 aromatic heterocycles. The molecule has 0 radical (unpaired) electrons. The zero-order valence-corrected chi connectivity index (χ0v) is 17.9. The van der Waals surface area contributed by atoms with Gasteiger partial charge in [0.1, 0.15) is 10.9 Å². The molecule has 2 heterocycles. The Bertz CT molecular complexity index is 1190. The molecular formula is C21H20ClN5OS. The van der Waals surface area contributed by atoms with Gasteiger partial charge in [0, 0.05) is 22.3 Å². The van der Waals surface area contributed by atoms with Crippen molar-refractivity contribution in [1.29, 1.82) is 0 Å². The second-order valence-electron chi connectivity index (χ2n) is 6.71. The van der Waals surface area contributed by atoms with Gasteiger partial charge < -0.3 is 10.6 Å². The Morgan fingerprint density at radius 3 is 2.59 bits per heavy atom. The van der Waals surface area contributed by atoms with Crippen LogP contribution in [0.5, 0.6) is 5.75 Å². The summed E-state index contributed by atoms with van der Waals surface area (Å²) in [7, 11) is 1.63. The van der Waals surface area contributed by atoms with Crippen molar-refractivity contribution in [1.82, 2.24) is 19.9 Å². The molecule has 148 valence electrons. The highest BCUT2D eigenvalue weighted by molar-refractivity contribution is 7.98. The van der Waals surface area contributed by atoms with Crippen molar-refractivity contribution in [3.63, 3.8) is 0 Å². The first-order chi connectivity index (χ1) is 14.0. The molecule has 0 saturated heterocycles. The second-order valence-corrected chi connectivity index (χ2v) is 8.01. The highest BCUT2D eigenvalue weighted by Gasteiger charge is 2.14. The minimum absolute atomic E-state index is 0.497. The molecule has 0 atom stereocenters. The lowest BCUT2D eigenvalue weighted by atomic mass is 10.0. The fraction of sp³-hybridized carbons (Fsp3) is 0.190. The zero-order chi connectivity index (χ0) is 20.5. The van der Waals surface area contributed by atoms with Crippen molar-refractivity contribution in [2.75, 3.05) is 13.0 Å². The molecule has 0 amide bonds. The summed E-state index contributed by atoms with van der Waals surface area (Å²) in [5.41, 5.74) is 5.08. The van der Waals surface area contributed by atoms with Gasteiger partial charge in [0.05, 0.1) is 12.6 Å². The van der Waals surface area contributed by atoms with Gasteiger partial charge >= 0.3 is 0 Å². The van der Waals surface area contributed by atoms with Crippen LogP contribution in [0.4, 0.5) is 0 Å². The van der Waals surface area contributed by atoms with Crippen LogP contribution in [0.15, 0.2) is 47.6 Å². The Morgan fingerprint density at radius 2 is 1.86 bits per heavy atom. The molecule has 29 heavy (non-hydrogen) atoms. The number of nitrogen functional groups attached to an aromatic ring is 1. The van der Waals surface area contributed by atoms with Gasteiger partial charge in [-0.05, 0) is 55.3 Å². The molecule has 4 rings (SSSR count). The number of benzene rings is 2. The average Bonchev–Trinajstić information content (AvgIpc) is 3.10. The van der Waals surface area contributed by atoms with Gasteiger partial charge in [0.15, 0.2) is 5.82 Å². The molecule has 2 N–H and O–H groups in total. The highest BCUT2D eigenvalue weighted by Crippen LogP contribution is 2.30. The second kappa shape index (κ2) is 7.93. The van der Waals surface area contributed by atoms with E-state index in [-0.39, 0.29) is 0 Å². The van der Waals surface area contributed by atoms with Crippen molar-refractivity contribution in [2.45, 2.75) is 24.8 Å². The van der Waals surface area contributed by atoms with E-state index < -0.39 is 0 Å². The van der Waals surface area contributed by atoms with Crippen LogP contribution in [-0.2, 0) is 5.75 Å². The molecule has 2 aromatic carbocycles. The topological polar surface area (TPSA) is 78.9 Å². The van der Waals surface area contributed by atoms with Gasteiger partial charge in [0.25, 0.3) is 0 Å². The van der Waals surface area contributed by atoms with E-state index in [1.54, 1.807) is 7.11 Å². The molecule has 0 aliphatic rings. The summed E-state index contributed by atoms with van der Waals surface area (Å²) < 4.78 is 6.68. The van der Waals surface area contributed by atoms with E-state index in [0.717, 1.165) is 33.3 Å². The molecule has 0 unspecified atom stereocenters. The number of methoxy groups -OCH3 is 1. The Kier molecular flexibility index (Phi) is 5.34. The molecule has 0 saturated carbocycles. The summed E-state index contributed by atoms with van der Waals surface area (Å²) in [6.45, 7) is 4.13. The fourth-order valence-corrected chi connectivity index (χ4v) is 4.17. The summed E-state index contributed by atoms with van der Waals surface area (Å²) in [4.78, 5) is 4.61. The number of nitrogens with zero attached hydrogens (tertiary/aromatic N) is 4. The fourth-order valence-electron chi connectivity index (χ4n) is 3.06. The minimum atomic E-state index is 0.497. The number of halogens is 1. The lowest BCUT2D eigenvalue weighted by Gasteiger charge is -2.09. The lowest BCUT2D eigenvalue weighted by Crippen LogP contribution is -2.11. The van der Waals surface area contributed by atoms with Crippen LogP contribution in [0.3, 0.4) is 0 Å². The number of aromatic nitrogens is 4. The third-order valence-corrected chi connectivity index (χ3v) is 6.23. The molecule has 0 spiro atoms. The maximum Gasteiger partial charge on any atom is 0.210 e. The average molecular weight is 426 g/mol. The summed E-state index contributed by atoms with van der Waals surface area (Å²) in [5, 5.41) is 10.6. The molecule has 6 nitrogen and oxygen atoms in total. The van der Waals surface area contributed by atoms with E-state index in [1.165, 1.54) is 22.0 Å². The molecular weight excluding hydrogens is 406 g/mol. The van der Waals surface area contributed by atoms with E-state index in [2.05, 4.69) is 47.2 Å². The van der Waals surface area contributed by atoms with Crippen LogP contribution in [-0.4, -0.2) is 27.0 Å². The van der Waals surface area contributed by atoms with Gasteiger partial charge in [-0.15, -0.1) is 10.2 Å². The third kappa shape index (κ3) is 3.75. The largest absolute Gasteiger partial charge is 0.497 e. The Labute approximate surface area is 178 Å². The van der Waals surface area contributed by atoms with Gasteiger partial charge in [-0.2, -0.15) is 0 Å². The van der Waals surface area contributed by atoms with Gasteiger partial charge in [-0.25, -0.2) is 9.66 Å². The van der Waals surface area contributed by atoms with Crippen molar-refractivity contribution in [2.24, 2.45) is 0 Å². The quantitative estimate of drug-likeness (QED) is 0.281. The van der Waals surface area contributed by atoms with E-state index in [9.17, 15) is 0 Å². The molecule has 8 heteroatoms. The molecule has 0 fully saturated rings. The van der Waals surface area contributed by atoms with Crippen LogP contribution < -0.4 is 10.6 Å². The number of rotatable bonds is 5. The SMILES string of the molecule is COc1ccc(-c2nnc(SCc3cc4ccc(C)c(C)c4nc3Cl)n2N)cc1. The molecule has 0 aliphatic heterocycles. The Hall–Kier alpha value is -2.77. The lowest BCUT2D eigenvalue weighted by molar-refractivity contribution is 0.415. The smallest absolute Gasteiger partial charge is 0.210 e. The normalized spacial score (nSPS) is 11.2. The standard InChI is InChI=1S/C21H20ClN5OS/c1-12-4-5-15-10-16(19(22)24-18(15)13(12)2)11-29-21-26-25-20(27(21)23)14-6-8-17(28-3)9-7-14/h4-10H,11,23H2,1-3H3. The number of aryl methyl sites for hydroxylation is 2. The van der Waals surface area contributed by atoms with Crippen molar-refractivity contribution in [3.05, 3.63) is 64.3 Å². The highest BCUT2D eigenvalue weighted by atomic mass is 35.5. The predicted octanol–water partition coefficient (Wildman–Crippen LogP) is 4.78. The third-order valence-electron chi connectivity index (χ3n) is 4.91. The van der Waals surface area contributed by atoms with Crippen LogP contribution in [0, 0.1) is 13.8 Å². The molecule has 4 aromatic rings. The Morgan fingerprint density at radius 1 is 1.10 bits per heavy atom. The first-order valence-electron chi connectivity index (χ1n) is 9.01. The van der Waals surface area contributed by atoms with E-state index >= 15 is 0 Å². The minimum Gasteiger partial charge on any atom is -0.497 e. The maximum atomic E-state index is 6.45. The zero-order valence-electron chi connectivity index (χ0n) is 16.3. The van der Waals surface area contributed by atoms with E-state index in [4.69, 9.17) is 22.2 Å². The number of ether oxygens (including phenoxy) is 1. The molecule has 0 aliphatic carbocycles. The number of hydrogen-bond acceptors (Lipinski definition) is 6. The first-order valence-corrected chi connectivity index (χ1v) is 10.4. The van der Waals surface area contributed by atoms with E-state index in [1.807, 2.05) is 24.3 Å². The van der Waals surface area contributed by atoms with Gasteiger partial charge in [0.2, 0.25) is 5.16 Å². The monoisotopic (exact) mass is 425 g/mol. The van der Waals surface area contributed by atoms with Crippen molar-refractivity contribution < 1.29 is 4.74 Å². The van der Waals surface area contributed by atoms with Crippen molar-refractivity contribution >= 4 is 34.3 Å². The predicted molar refractivity (Wildman–Crippen MR) is 118 cm³/mol. The van der Waals surface area contributed by atoms with Gasteiger partial charge in [-0.3, -0.25) is 0 Å². The number of pyridine rings is 1. The van der Waals surface area contributed by atoms with Crippen LogP contribution in [0.2, 0.25) is 5.15 Å². The van der Waals surface area contributed by atoms with Crippen LogP contribution in [0.1, 0.15) is 16.7 Å².